The van der Waals surface area contributed by atoms with E-state index in [2.05, 4.69) is 28.1 Å². The van der Waals surface area contributed by atoms with Crippen molar-refractivity contribution in [2.45, 2.75) is 12.8 Å². The smallest absolute Gasteiger partial charge is 0.226 e. The molecule has 0 radical (unpaired) electrons. The van der Waals surface area contributed by atoms with Crippen molar-refractivity contribution < 1.29 is 9.53 Å². The van der Waals surface area contributed by atoms with Gasteiger partial charge in [0.1, 0.15) is 0 Å². The van der Waals surface area contributed by atoms with Crippen LogP contribution in [0, 0.1) is 5.92 Å². The quantitative estimate of drug-likeness (QED) is 0.751. The lowest BCUT2D eigenvalue weighted by Crippen LogP contribution is -2.39. The predicted molar refractivity (Wildman–Crippen MR) is 79.6 cm³/mol. The molecule has 1 aliphatic carbocycles. The third-order valence-electron chi connectivity index (χ3n) is 3.63. The van der Waals surface area contributed by atoms with E-state index in [-0.39, 0.29) is 11.8 Å². The summed E-state index contributed by atoms with van der Waals surface area (Å²) >= 11 is 3.41. The SMILES string of the molecule is COCCN(CCBr)C(=O)C1Cc2ccccc2C1. The van der Waals surface area contributed by atoms with Crippen LogP contribution in [0.3, 0.4) is 0 Å². The zero-order valence-corrected chi connectivity index (χ0v) is 12.9. The highest BCUT2D eigenvalue weighted by molar-refractivity contribution is 9.09. The lowest BCUT2D eigenvalue weighted by molar-refractivity contribution is -0.135. The molecular formula is C15H20BrNO2. The summed E-state index contributed by atoms with van der Waals surface area (Å²) in [6.45, 7) is 2.02. The van der Waals surface area contributed by atoms with Crippen molar-refractivity contribution in [1.82, 2.24) is 4.90 Å². The molecule has 3 nitrogen and oxygen atoms in total. The molecule has 2 rings (SSSR count). The van der Waals surface area contributed by atoms with Crippen LogP contribution in [0.15, 0.2) is 24.3 Å². The molecular weight excluding hydrogens is 306 g/mol. The van der Waals surface area contributed by atoms with Crippen LogP contribution in [0.2, 0.25) is 0 Å². The molecule has 0 aromatic heterocycles. The van der Waals surface area contributed by atoms with Crippen molar-refractivity contribution in [2.24, 2.45) is 5.92 Å². The van der Waals surface area contributed by atoms with Gasteiger partial charge < -0.3 is 9.64 Å². The van der Waals surface area contributed by atoms with E-state index in [1.165, 1.54) is 11.1 Å². The Morgan fingerprint density at radius 2 is 1.95 bits per heavy atom. The summed E-state index contributed by atoms with van der Waals surface area (Å²) in [5, 5.41) is 0.808. The highest BCUT2D eigenvalue weighted by Gasteiger charge is 2.29. The average Bonchev–Trinajstić information content (AvgIpc) is 2.86. The number of hydrogen-bond donors (Lipinski definition) is 0. The molecule has 19 heavy (non-hydrogen) atoms. The van der Waals surface area contributed by atoms with E-state index < -0.39 is 0 Å². The molecule has 1 aromatic rings. The Kier molecular flexibility index (Phi) is 5.40. The fourth-order valence-electron chi connectivity index (χ4n) is 2.63. The number of ether oxygens (including phenoxy) is 1. The largest absolute Gasteiger partial charge is 0.383 e. The Hall–Kier alpha value is -0.870. The molecule has 104 valence electrons. The van der Waals surface area contributed by atoms with Gasteiger partial charge in [0, 0.05) is 31.4 Å². The van der Waals surface area contributed by atoms with Crippen LogP contribution in [-0.2, 0) is 22.4 Å². The second-order valence-electron chi connectivity index (χ2n) is 4.88. The van der Waals surface area contributed by atoms with Crippen molar-refractivity contribution in [1.29, 1.82) is 0 Å². The number of rotatable bonds is 6. The number of carbonyl (C=O) groups excluding carboxylic acids is 1. The van der Waals surface area contributed by atoms with Crippen LogP contribution >= 0.6 is 15.9 Å². The third kappa shape index (κ3) is 3.57. The molecule has 0 bridgehead atoms. The highest BCUT2D eigenvalue weighted by atomic mass is 79.9. The van der Waals surface area contributed by atoms with E-state index in [0.29, 0.717) is 13.2 Å². The second kappa shape index (κ2) is 7.06. The second-order valence-corrected chi connectivity index (χ2v) is 5.67. The number of benzene rings is 1. The molecule has 1 aromatic carbocycles. The molecule has 0 saturated carbocycles. The third-order valence-corrected chi connectivity index (χ3v) is 3.99. The van der Waals surface area contributed by atoms with Gasteiger partial charge in [-0.1, -0.05) is 40.2 Å². The Bertz CT molecular complexity index is 411. The molecule has 0 spiro atoms. The summed E-state index contributed by atoms with van der Waals surface area (Å²) in [6, 6.07) is 8.36. The predicted octanol–water partition coefficient (Wildman–Crippen LogP) is 2.27. The van der Waals surface area contributed by atoms with Gasteiger partial charge >= 0.3 is 0 Å². The standard InChI is InChI=1S/C15H20BrNO2/c1-19-9-8-17(7-6-16)15(18)14-10-12-4-2-3-5-13(12)11-14/h2-5,14H,6-11H2,1H3. The molecule has 0 heterocycles. The number of hydrogen-bond acceptors (Lipinski definition) is 2. The van der Waals surface area contributed by atoms with E-state index in [0.717, 1.165) is 24.7 Å². The summed E-state index contributed by atoms with van der Waals surface area (Å²) < 4.78 is 5.08. The Morgan fingerprint density at radius 3 is 2.47 bits per heavy atom. The maximum Gasteiger partial charge on any atom is 0.226 e. The molecule has 0 aliphatic heterocycles. The summed E-state index contributed by atoms with van der Waals surface area (Å²) in [5.41, 5.74) is 2.65. The molecule has 0 fully saturated rings. The van der Waals surface area contributed by atoms with Gasteiger partial charge in [0.05, 0.1) is 6.61 Å². The fourth-order valence-corrected chi connectivity index (χ4v) is 3.06. The number of carbonyl (C=O) groups is 1. The van der Waals surface area contributed by atoms with Gasteiger partial charge in [-0.3, -0.25) is 4.79 Å². The van der Waals surface area contributed by atoms with Gasteiger partial charge in [0.25, 0.3) is 0 Å². The van der Waals surface area contributed by atoms with E-state index in [4.69, 9.17) is 4.74 Å². The van der Waals surface area contributed by atoms with Crippen LogP contribution in [0.4, 0.5) is 0 Å². The molecule has 0 atom stereocenters. The maximum atomic E-state index is 12.6. The van der Waals surface area contributed by atoms with Gasteiger partial charge in [-0.05, 0) is 24.0 Å². The monoisotopic (exact) mass is 325 g/mol. The number of fused-ring (bicyclic) bond motifs is 1. The minimum atomic E-state index is 0.105. The first kappa shape index (κ1) is 14.5. The Labute approximate surface area is 123 Å². The van der Waals surface area contributed by atoms with E-state index >= 15 is 0 Å². The maximum absolute atomic E-state index is 12.6. The first-order chi connectivity index (χ1) is 9.26. The minimum absolute atomic E-state index is 0.105. The van der Waals surface area contributed by atoms with Crippen molar-refractivity contribution in [2.75, 3.05) is 32.1 Å². The lowest BCUT2D eigenvalue weighted by atomic mass is 10.0. The van der Waals surface area contributed by atoms with Crippen molar-refractivity contribution >= 4 is 21.8 Å². The number of amides is 1. The molecule has 0 unspecified atom stereocenters. The Balaban J connectivity index is 1.99. The molecule has 0 saturated heterocycles. The number of methoxy groups -OCH3 is 1. The number of alkyl halides is 1. The van der Waals surface area contributed by atoms with Crippen molar-refractivity contribution in [3.05, 3.63) is 35.4 Å². The first-order valence-corrected chi connectivity index (χ1v) is 7.79. The van der Waals surface area contributed by atoms with Crippen LogP contribution in [0.1, 0.15) is 11.1 Å². The summed E-state index contributed by atoms with van der Waals surface area (Å²) in [5.74, 6) is 0.362. The van der Waals surface area contributed by atoms with E-state index in [1.807, 2.05) is 17.0 Å². The molecule has 4 heteroatoms. The van der Waals surface area contributed by atoms with Crippen molar-refractivity contribution in [3.63, 3.8) is 0 Å². The zero-order valence-electron chi connectivity index (χ0n) is 11.3. The zero-order chi connectivity index (χ0) is 13.7. The van der Waals surface area contributed by atoms with E-state index in [9.17, 15) is 4.79 Å². The van der Waals surface area contributed by atoms with Gasteiger partial charge in [0.15, 0.2) is 0 Å². The topological polar surface area (TPSA) is 29.5 Å². The average molecular weight is 326 g/mol. The van der Waals surface area contributed by atoms with Gasteiger partial charge in [-0.15, -0.1) is 0 Å². The number of nitrogens with zero attached hydrogens (tertiary/aromatic N) is 1. The minimum Gasteiger partial charge on any atom is -0.383 e. The van der Waals surface area contributed by atoms with Crippen LogP contribution < -0.4 is 0 Å². The summed E-state index contributed by atoms with van der Waals surface area (Å²) in [4.78, 5) is 14.5. The normalized spacial score (nSPS) is 14.4. The van der Waals surface area contributed by atoms with E-state index in [1.54, 1.807) is 7.11 Å². The Morgan fingerprint density at radius 1 is 1.32 bits per heavy atom. The fraction of sp³-hybridized carbons (Fsp3) is 0.533. The van der Waals surface area contributed by atoms with Gasteiger partial charge in [-0.25, -0.2) is 0 Å². The van der Waals surface area contributed by atoms with Gasteiger partial charge in [0.2, 0.25) is 5.91 Å². The molecule has 0 N–H and O–H groups in total. The first-order valence-electron chi connectivity index (χ1n) is 6.66. The van der Waals surface area contributed by atoms with Crippen molar-refractivity contribution in [3.8, 4) is 0 Å². The lowest BCUT2D eigenvalue weighted by Gasteiger charge is -2.24. The summed E-state index contributed by atoms with van der Waals surface area (Å²) in [6.07, 6.45) is 1.75. The highest BCUT2D eigenvalue weighted by Crippen LogP contribution is 2.27. The van der Waals surface area contributed by atoms with Crippen LogP contribution in [-0.4, -0.2) is 42.9 Å². The van der Waals surface area contributed by atoms with Crippen LogP contribution in [0.25, 0.3) is 0 Å². The molecule has 1 amide bonds. The van der Waals surface area contributed by atoms with Gasteiger partial charge in [-0.2, -0.15) is 0 Å². The summed E-state index contributed by atoms with van der Waals surface area (Å²) in [7, 11) is 1.67. The number of halogens is 1. The molecule has 1 aliphatic rings. The van der Waals surface area contributed by atoms with Crippen LogP contribution in [0.5, 0.6) is 0 Å².